The van der Waals surface area contributed by atoms with E-state index in [2.05, 4.69) is 23.8 Å². The Kier molecular flexibility index (Phi) is 9.12. The molecule has 0 bridgehead atoms. The Labute approximate surface area is 181 Å². The first-order chi connectivity index (χ1) is 13.9. The third kappa shape index (κ3) is 7.50. The zero-order valence-electron chi connectivity index (χ0n) is 19.3. The molecule has 1 rings (SSSR count). The molecule has 170 valence electrons. The second kappa shape index (κ2) is 10.6. The Bertz CT molecular complexity index is 651. The third-order valence-electron chi connectivity index (χ3n) is 4.99. The highest BCUT2D eigenvalue weighted by atomic mass is 16.6. The van der Waals surface area contributed by atoms with Crippen molar-refractivity contribution in [1.82, 2.24) is 15.5 Å². The van der Waals surface area contributed by atoms with Gasteiger partial charge in [0, 0.05) is 19.5 Å². The standard InChI is InChI=1S/C23H39N3O4/c1-8-10-11-13-18(27)25-22(6,7)17-24-19(28)23(14-9-2)15-12-16-26(23)20(29)30-21(3,4)5/h8-9H,1-2,10-17H2,3-7H3,(H,24,28)(H,25,27). The largest absolute Gasteiger partial charge is 0.444 e. The predicted molar refractivity (Wildman–Crippen MR) is 119 cm³/mol. The summed E-state index contributed by atoms with van der Waals surface area (Å²) < 4.78 is 5.53. The fourth-order valence-corrected chi connectivity index (χ4v) is 3.60. The van der Waals surface area contributed by atoms with Gasteiger partial charge in [-0.1, -0.05) is 12.2 Å². The van der Waals surface area contributed by atoms with Crippen LogP contribution in [0, 0.1) is 0 Å². The van der Waals surface area contributed by atoms with E-state index in [-0.39, 0.29) is 18.4 Å². The van der Waals surface area contributed by atoms with Gasteiger partial charge in [-0.05, 0) is 66.7 Å². The molecule has 1 aliphatic rings. The Hall–Kier alpha value is -2.31. The maximum atomic E-state index is 13.2. The van der Waals surface area contributed by atoms with Gasteiger partial charge in [-0.2, -0.15) is 0 Å². The molecule has 1 aliphatic heterocycles. The quantitative estimate of drug-likeness (QED) is 0.416. The van der Waals surface area contributed by atoms with Crippen molar-refractivity contribution in [2.24, 2.45) is 0 Å². The molecule has 1 saturated heterocycles. The van der Waals surface area contributed by atoms with E-state index >= 15 is 0 Å². The summed E-state index contributed by atoms with van der Waals surface area (Å²) in [5.41, 5.74) is -2.28. The molecule has 0 aromatic heterocycles. The monoisotopic (exact) mass is 421 g/mol. The Morgan fingerprint density at radius 2 is 1.80 bits per heavy atom. The number of nitrogens with zero attached hydrogens (tertiary/aromatic N) is 1. The van der Waals surface area contributed by atoms with Gasteiger partial charge in [0.05, 0.1) is 5.54 Å². The lowest BCUT2D eigenvalue weighted by atomic mass is 9.90. The molecule has 0 aromatic carbocycles. The van der Waals surface area contributed by atoms with E-state index in [9.17, 15) is 14.4 Å². The van der Waals surface area contributed by atoms with E-state index in [1.54, 1.807) is 32.9 Å². The minimum Gasteiger partial charge on any atom is -0.444 e. The van der Waals surface area contributed by atoms with Gasteiger partial charge in [0.2, 0.25) is 11.8 Å². The number of hydrogen-bond acceptors (Lipinski definition) is 4. The number of nitrogens with one attached hydrogen (secondary N) is 2. The summed E-state index contributed by atoms with van der Waals surface area (Å²) in [4.78, 5) is 39.7. The van der Waals surface area contributed by atoms with Crippen LogP contribution in [0.3, 0.4) is 0 Å². The summed E-state index contributed by atoms with van der Waals surface area (Å²) in [5, 5.41) is 5.90. The van der Waals surface area contributed by atoms with Gasteiger partial charge in [0.15, 0.2) is 0 Å². The molecule has 0 saturated carbocycles. The zero-order chi connectivity index (χ0) is 23.0. The molecule has 1 heterocycles. The first-order valence-corrected chi connectivity index (χ1v) is 10.7. The molecule has 0 aliphatic carbocycles. The van der Waals surface area contributed by atoms with Crippen molar-refractivity contribution in [2.45, 2.75) is 89.8 Å². The topological polar surface area (TPSA) is 87.7 Å². The maximum Gasteiger partial charge on any atom is 0.411 e. The van der Waals surface area contributed by atoms with E-state index in [1.807, 2.05) is 13.8 Å². The van der Waals surface area contributed by atoms with E-state index in [0.717, 1.165) is 12.8 Å². The Morgan fingerprint density at radius 3 is 2.37 bits per heavy atom. The van der Waals surface area contributed by atoms with Gasteiger partial charge in [-0.25, -0.2) is 4.79 Å². The van der Waals surface area contributed by atoms with Crippen LogP contribution in [0.4, 0.5) is 4.79 Å². The number of carbonyl (C=O) groups is 3. The van der Waals surface area contributed by atoms with Crippen LogP contribution in [0.1, 0.15) is 73.1 Å². The third-order valence-corrected chi connectivity index (χ3v) is 4.99. The Balaban J connectivity index is 2.83. The number of rotatable bonds is 10. The molecular weight excluding hydrogens is 382 g/mol. The van der Waals surface area contributed by atoms with Crippen molar-refractivity contribution >= 4 is 17.9 Å². The van der Waals surface area contributed by atoms with Crippen molar-refractivity contribution in [3.05, 3.63) is 25.3 Å². The van der Waals surface area contributed by atoms with Crippen LogP contribution >= 0.6 is 0 Å². The first-order valence-electron chi connectivity index (χ1n) is 10.7. The number of carbonyl (C=O) groups excluding carboxylic acids is 3. The Morgan fingerprint density at radius 1 is 1.13 bits per heavy atom. The van der Waals surface area contributed by atoms with Gasteiger partial charge in [0.1, 0.15) is 11.1 Å². The molecular formula is C23H39N3O4. The molecule has 1 atom stereocenters. The lowest BCUT2D eigenvalue weighted by molar-refractivity contribution is -0.132. The predicted octanol–water partition coefficient (Wildman–Crippen LogP) is 3.70. The van der Waals surface area contributed by atoms with Gasteiger partial charge in [-0.3, -0.25) is 14.5 Å². The van der Waals surface area contributed by atoms with Crippen LogP contribution in [-0.2, 0) is 14.3 Å². The smallest absolute Gasteiger partial charge is 0.411 e. The minimum absolute atomic E-state index is 0.0619. The number of amides is 3. The average molecular weight is 422 g/mol. The molecule has 3 amide bonds. The average Bonchev–Trinajstić information content (AvgIpc) is 3.03. The highest BCUT2D eigenvalue weighted by Crippen LogP contribution is 2.34. The van der Waals surface area contributed by atoms with E-state index in [1.165, 1.54) is 4.90 Å². The molecule has 1 unspecified atom stereocenters. The molecule has 7 heteroatoms. The van der Waals surface area contributed by atoms with Crippen LogP contribution in [0.25, 0.3) is 0 Å². The summed E-state index contributed by atoms with van der Waals surface area (Å²) in [5.74, 6) is -0.312. The molecule has 0 aromatic rings. The summed E-state index contributed by atoms with van der Waals surface area (Å²) in [6.07, 6.45) is 6.49. The van der Waals surface area contributed by atoms with Crippen LogP contribution < -0.4 is 10.6 Å². The van der Waals surface area contributed by atoms with Crippen LogP contribution in [-0.4, -0.2) is 52.6 Å². The van der Waals surface area contributed by atoms with Crippen molar-refractivity contribution in [2.75, 3.05) is 13.1 Å². The summed E-state index contributed by atoms with van der Waals surface area (Å²) in [6.45, 7) is 17.3. The number of allylic oxidation sites excluding steroid dienone is 1. The normalized spacial score (nSPS) is 19.2. The highest BCUT2D eigenvalue weighted by Gasteiger charge is 2.50. The SMILES string of the molecule is C=CCCCC(=O)NC(C)(C)CNC(=O)C1(CC=C)CCCN1C(=O)OC(C)(C)C. The fraction of sp³-hybridized carbons (Fsp3) is 0.696. The van der Waals surface area contributed by atoms with Gasteiger partial charge in [0.25, 0.3) is 0 Å². The molecule has 0 spiro atoms. The van der Waals surface area contributed by atoms with Gasteiger partial charge in [-0.15, -0.1) is 13.2 Å². The molecule has 0 radical (unpaired) electrons. The first kappa shape index (κ1) is 25.7. The molecule has 2 N–H and O–H groups in total. The zero-order valence-corrected chi connectivity index (χ0v) is 19.3. The minimum atomic E-state index is -1.02. The van der Waals surface area contributed by atoms with E-state index < -0.39 is 22.8 Å². The highest BCUT2D eigenvalue weighted by molar-refractivity contribution is 5.91. The van der Waals surface area contributed by atoms with E-state index in [4.69, 9.17) is 4.74 Å². The van der Waals surface area contributed by atoms with Crippen molar-refractivity contribution in [1.29, 1.82) is 0 Å². The van der Waals surface area contributed by atoms with Crippen molar-refractivity contribution < 1.29 is 19.1 Å². The maximum absolute atomic E-state index is 13.2. The fourth-order valence-electron chi connectivity index (χ4n) is 3.60. The molecule has 1 fully saturated rings. The van der Waals surface area contributed by atoms with Crippen molar-refractivity contribution in [3.8, 4) is 0 Å². The second-order valence-electron chi connectivity index (χ2n) is 9.56. The van der Waals surface area contributed by atoms with E-state index in [0.29, 0.717) is 32.2 Å². The summed E-state index contributed by atoms with van der Waals surface area (Å²) in [6, 6.07) is 0. The number of likely N-dealkylation sites (tertiary alicyclic amines) is 1. The lowest BCUT2D eigenvalue weighted by Gasteiger charge is -2.38. The number of hydrogen-bond donors (Lipinski definition) is 2. The van der Waals surface area contributed by atoms with Gasteiger partial charge < -0.3 is 15.4 Å². The summed E-state index contributed by atoms with van der Waals surface area (Å²) >= 11 is 0. The number of ether oxygens (including phenoxy) is 1. The lowest BCUT2D eigenvalue weighted by Crippen LogP contribution is -2.60. The van der Waals surface area contributed by atoms with Crippen molar-refractivity contribution in [3.63, 3.8) is 0 Å². The second-order valence-corrected chi connectivity index (χ2v) is 9.56. The number of unbranched alkanes of at least 4 members (excludes halogenated alkanes) is 1. The molecule has 30 heavy (non-hydrogen) atoms. The van der Waals surface area contributed by atoms with Crippen LogP contribution in [0.5, 0.6) is 0 Å². The van der Waals surface area contributed by atoms with Gasteiger partial charge >= 0.3 is 6.09 Å². The van der Waals surface area contributed by atoms with Crippen LogP contribution in [0.2, 0.25) is 0 Å². The summed E-state index contributed by atoms with van der Waals surface area (Å²) in [7, 11) is 0. The van der Waals surface area contributed by atoms with Crippen LogP contribution in [0.15, 0.2) is 25.3 Å². The molecule has 7 nitrogen and oxygen atoms in total.